The SMILES string of the molecule is Cn1ncc2c(=O)n(CCC(=O)OCc3cn(-c4ccccc4)nc3-c3ccccc3)cnc21. The van der Waals surface area contributed by atoms with Gasteiger partial charge in [-0.05, 0) is 12.1 Å². The highest BCUT2D eigenvalue weighted by Crippen LogP contribution is 2.24. The summed E-state index contributed by atoms with van der Waals surface area (Å²) in [5, 5.41) is 9.20. The lowest BCUT2D eigenvalue weighted by molar-refractivity contribution is -0.145. The number of carbonyl (C=O) groups is 1. The average molecular weight is 454 g/mol. The molecule has 0 fully saturated rings. The van der Waals surface area contributed by atoms with E-state index < -0.39 is 5.97 Å². The summed E-state index contributed by atoms with van der Waals surface area (Å²) in [7, 11) is 1.72. The maximum absolute atomic E-state index is 12.6. The van der Waals surface area contributed by atoms with Crippen LogP contribution in [0.1, 0.15) is 12.0 Å². The van der Waals surface area contributed by atoms with Gasteiger partial charge in [0.15, 0.2) is 5.65 Å². The van der Waals surface area contributed by atoms with Crippen molar-refractivity contribution in [2.75, 3.05) is 0 Å². The van der Waals surface area contributed by atoms with Crippen LogP contribution in [0.4, 0.5) is 0 Å². The number of nitrogens with zero attached hydrogens (tertiary/aromatic N) is 6. The van der Waals surface area contributed by atoms with Crippen molar-refractivity contribution in [1.29, 1.82) is 0 Å². The Morgan fingerprint density at radius 1 is 1.03 bits per heavy atom. The van der Waals surface area contributed by atoms with E-state index in [2.05, 4.69) is 10.1 Å². The summed E-state index contributed by atoms with van der Waals surface area (Å²) in [6, 6.07) is 19.5. The first-order chi connectivity index (χ1) is 16.6. The number of carbonyl (C=O) groups excluding carboxylic acids is 1. The Hall–Kier alpha value is -4.53. The van der Waals surface area contributed by atoms with Crippen LogP contribution in [-0.4, -0.2) is 35.1 Å². The Bertz CT molecular complexity index is 1500. The molecule has 0 amide bonds. The van der Waals surface area contributed by atoms with Gasteiger partial charge in [0.05, 0.1) is 30.3 Å². The van der Waals surface area contributed by atoms with Crippen LogP contribution in [0.15, 0.2) is 84.2 Å². The number of rotatable bonds is 7. The smallest absolute Gasteiger partial charge is 0.307 e. The molecule has 0 radical (unpaired) electrons. The zero-order chi connectivity index (χ0) is 23.5. The Kier molecular flexibility index (Phi) is 5.73. The summed E-state index contributed by atoms with van der Waals surface area (Å²) >= 11 is 0. The minimum Gasteiger partial charge on any atom is -0.461 e. The molecule has 9 heteroatoms. The number of aryl methyl sites for hydroxylation is 2. The summed E-state index contributed by atoms with van der Waals surface area (Å²) in [5.74, 6) is -0.412. The van der Waals surface area contributed by atoms with Crippen molar-refractivity contribution in [3.63, 3.8) is 0 Å². The summed E-state index contributed by atoms with van der Waals surface area (Å²) in [5.41, 5.74) is 3.66. The summed E-state index contributed by atoms with van der Waals surface area (Å²) < 4.78 is 10.3. The van der Waals surface area contributed by atoms with Gasteiger partial charge in [0.25, 0.3) is 5.56 Å². The van der Waals surface area contributed by atoms with Crippen LogP contribution in [-0.2, 0) is 29.7 Å². The van der Waals surface area contributed by atoms with Crippen LogP contribution in [0.3, 0.4) is 0 Å². The van der Waals surface area contributed by atoms with Crippen LogP contribution < -0.4 is 5.56 Å². The van der Waals surface area contributed by atoms with Gasteiger partial charge in [0.2, 0.25) is 0 Å². The number of esters is 1. The number of ether oxygens (including phenoxy) is 1. The zero-order valence-electron chi connectivity index (χ0n) is 18.5. The van der Waals surface area contributed by atoms with E-state index in [0.717, 1.165) is 22.5 Å². The first-order valence-electron chi connectivity index (χ1n) is 10.8. The molecule has 0 saturated heterocycles. The minimum atomic E-state index is -0.412. The Labute approximate surface area is 194 Å². The van der Waals surface area contributed by atoms with Crippen molar-refractivity contribution in [2.45, 2.75) is 19.6 Å². The molecule has 0 aliphatic rings. The molecule has 0 aliphatic carbocycles. The highest BCUT2D eigenvalue weighted by Gasteiger charge is 2.15. The van der Waals surface area contributed by atoms with Crippen LogP contribution in [0.25, 0.3) is 28.0 Å². The maximum atomic E-state index is 12.6. The van der Waals surface area contributed by atoms with Crippen LogP contribution >= 0.6 is 0 Å². The van der Waals surface area contributed by atoms with Gasteiger partial charge in [0, 0.05) is 30.9 Å². The number of para-hydroxylation sites is 1. The van der Waals surface area contributed by atoms with Gasteiger partial charge in [-0.3, -0.25) is 18.8 Å². The standard InChI is InChI=1S/C25H22N6O3/c1-29-24-21(14-27-29)25(33)30(17-26-24)13-12-22(32)34-16-19-15-31(20-10-6-3-7-11-20)28-23(19)18-8-4-2-5-9-18/h2-11,14-15,17H,12-13,16H2,1H3. The Morgan fingerprint density at radius 2 is 1.76 bits per heavy atom. The van der Waals surface area contributed by atoms with E-state index in [1.54, 1.807) is 11.7 Å². The number of fused-ring (bicyclic) bond motifs is 1. The minimum absolute atomic E-state index is 0.0425. The third-order valence-electron chi connectivity index (χ3n) is 5.52. The van der Waals surface area contributed by atoms with Crippen molar-refractivity contribution >= 4 is 17.0 Å². The lowest BCUT2D eigenvalue weighted by atomic mass is 10.1. The number of hydrogen-bond donors (Lipinski definition) is 0. The van der Waals surface area contributed by atoms with E-state index in [1.165, 1.54) is 21.8 Å². The third-order valence-corrected chi connectivity index (χ3v) is 5.52. The fourth-order valence-corrected chi connectivity index (χ4v) is 3.74. The topological polar surface area (TPSA) is 96.8 Å². The molecule has 0 aliphatic heterocycles. The molecule has 0 N–H and O–H groups in total. The highest BCUT2D eigenvalue weighted by atomic mass is 16.5. The molecule has 5 rings (SSSR count). The second-order valence-electron chi connectivity index (χ2n) is 7.81. The van der Waals surface area contributed by atoms with Crippen LogP contribution in [0.2, 0.25) is 0 Å². The molecule has 9 nitrogen and oxygen atoms in total. The van der Waals surface area contributed by atoms with Gasteiger partial charge in [0.1, 0.15) is 12.0 Å². The number of aromatic nitrogens is 6. The largest absolute Gasteiger partial charge is 0.461 e. The van der Waals surface area contributed by atoms with Crippen molar-refractivity contribution in [1.82, 2.24) is 29.1 Å². The molecule has 3 heterocycles. The van der Waals surface area contributed by atoms with Gasteiger partial charge in [-0.2, -0.15) is 10.2 Å². The lowest BCUT2D eigenvalue weighted by Gasteiger charge is -2.07. The molecule has 0 spiro atoms. The Balaban J connectivity index is 1.30. The van der Waals surface area contributed by atoms with Gasteiger partial charge < -0.3 is 4.74 Å². The van der Waals surface area contributed by atoms with Gasteiger partial charge >= 0.3 is 5.97 Å². The van der Waals surface area contributed by atoms with Gasteiger partial charge in [-0.15, -0.1) is 0 Å². The van der Waals surface area contributed by atoms with E-state index in [4.69, 9.17) is 9.84 Å². The first kappa shape index (κ1) is 21.3. The molecule has 0 bridgehead atoms. The van der Waals surface area contributed by atoms with Gasteiger partial charge in [-0.25, -0.2) is 9.67 Å². The van der Waals surface area contributed by atoms with Gasteiger partial charge in [-0.1, -0.05) is 48.5 Å². The second kappa shape index (κ2) is 9.14. The first-order valence-corrected chi connectivity index (χ1v) is 10.8. The molecule has 34 heavy (non-hydrogen) atoms. The summed E-state index contributed by atoms with van der Waals surface area (Å²) in [6.07, 6.45) is 4.82. The normalized spacial score (nSPS) is 11.1. The van der Waals surface area contributed by atoms with Crippen molar-refractivity contribution in [2.24, 2.45) is 7.05 Å². The summed E-state index contributed by atoms with van der Waals surface area (Å²) in [6.45, 7) is 0.245. The maximum Gasteiger partial charge on any atom is 0.307 e. The molecule has 3 aromatic heterocycles. The summed E-state index contributed by atoms with van der Waals surface area (Å²) in [4.78, 5) is 29.3. The molecule has 0 atom stereocenters. The zero-order valence-corrected chi connectivity index (χ0v) is 18.5. The van der Waals surface area contributed by atoms with E-state index >= 15 is 0 Å². The van der Waals surface area contributed by atoms with E-state index in [9.17, 15) is 9.59 Å². The highest BCUT2D eigenvalue weighted by molar-refractivity contribution is 5.73. The molecule has 0 unspecified atom stereocenters. The third kappa shape index (κ3) is 4.23. The molecule has 170 valence electrons. The van der Waals surface area contributed by atoms with E-state index in [1.807, 2.05) is 66.9 Å². The second-order valence-corrected chi connectivity index (χ2v) is 7.81. The van der Waals surface area contributed by atoms with E-state index in [0.29, 0.717) is 11.0 Å². The van der Waals surface area contributed by atoms with Crippen molar-refractivity contribution < 1.29 is 9.53 Å². The predicted molar refractivity (Wildman–Crippen MR) is 126 cm³/mol. The average Bonchev–Trinajstić information content (AvgIpc) is 3.48. The predicted octanol–water partition coefficient (Wildman–Crippen LogP) is 3.12. The molecule has 2 aromatic carbocycles. The van der Waals surface area contributed by atoms with Crippen LogP contribution in [0, 0.1) is 0 Å². The van der Waals surface area contributed by atoms with Crippen molar-refractivity contribution in [3.05, 3.63) is 95.3 Å². The Morgan fingerprint density at radius 3 is 2.53 bits per heavy atom. The fourth-order valence-electron chi connectivity index (χ4n) is 3.74. The lowest BCUT2D eigenvalue weighted by Crippen LogP contribution is -2.22. The number of benzene rings is 2. The molecule has 0 saturated carbocycles. The fraction of sp³-hybridized carbons (Fsp3) is 0.160. The molecule has 5 aromatic rings. The quantitative estimate of drug-likeness (QED) is 0.351. The molecular weight excluding hydrogens is 432 g/mol. The van der Waals surface area contributed by atoms with Crippen LogP contribution in [0.5, 0.6) is 0 Å². The monoisotopic (exact) mass is 454 g/mol. The molecular formula is C25H22N6O3. The number of hydrogen-bond acceptors (Lipinski definition) is 6. The van der Waals surface area contributed by atoms with E-state index in [-0.39, 0.29) is 25.1 Å². The van der Waals surface area contributed by atoms with Crippen molar-refractivity contribution in [3.8, 4) is 16.9 Å².